The maximum atomic E-state index is 4.12. The molecule has 4 rings (SSSR count). The summed E-state index contributed by atoms with van der Waals surface area (Å²) in [6.07, 6.45) is 3.54. The van der Waals surface area contributed by atoms with Crippen LogP contribution in [0, 0.1) is 0 Å². The van der Waals surface area contributed by atoms with Gasteiger partial charge in [-0.25, -0.2) is 0 Å². The standard InChI is InChI=1S/C8H6N2.C8H6Se/c1-3-7-8(9-5-1)4-2-6-10-7;1-2-4-8-7(3-1)5-6-9-8/h1-6H;1-6H. The van der Waals surface area contributed by atoms with Crippen LogP contribution in [0.25, 0.3) is 20.7 Å². The predicted molar refractivity (Wildman–Crippen MR) is 80.4 cm³/mol. The van der Waals surface area contributed by atoms with E-state index in [1.165, 1.54) is 9.65 Å². The van der Waals surface area contributed by atoms with Gasteiger partial charge in [-0.15, -0.1) is 0 Å². The monoisotopic (exact) mass is 312 g/mol. The maximum Gasteiger partial charge on any atom is 0.0886 e. The second-order valence-electron chi connectivity index (χ2n) is 4.00. The molecule has 0 saturated heterocycles. The summed E-state index contributed by atoms with van der Waals surface area (Å²) in [5.41, 5.74) is 1.90. The van der Waals surface area contributed by atoms with Gasteiger partial charge < -0.3 is 0 Å². The average molecular weight is 311 g/mol. The zero-order valence-corrected chi connectivity index (χ0v) is 11.9. The van der Waals surface area contributed by atoms with Gasteiger partial charge in [-0.1, -0.05) is 0 Å². The molecule has 0 fully saturated rings. The third-order valence-corrected chi connectivity index (χ3v) is 4.62. The van der Waals surface area contributed by atoms with Gasteiger partial charge in [0.2, 0.25) is 0 Å². The predicted octanol–water partition coefficient (Wildman–Crippen LogP) is 3.53. The Kier molecular flexibility index (Phi) is 3.68. The van der Waals surface area contributed by atoms with E-state index in [0.717, 1.165) is 11.0 Å². The van der Waals surface area contributed by atoms with Gasteiger partial charge in [-0.2, -0.15) is 0 Å². The zero-order valence-electron chi connectivity index (χ0n) is 10.2. The minimum Gasteiger partial charge on any atom is -0.255 e. The van der Waals surface area contributed by atoms with Crippen LogP contribution in [0.5, 0.6) is 0 Å². The molecule has 0 amide bonds. The SMILES string of the molecule is c1ccc2[se]ccc2c1.c1cnc2cccnc2c1. The van der Waals surface area contributed by atoms with Gasteiger partial charge in [0.1, 0.15) is 0 Å². The number of pyridine rings is 2. The van der Waals surface area contributed by atoms with E-state index in [4.69, 9.17) is 0 Å². The van der Waals surface area contributed by atoms with E-state index in [-0.39, 0.29) is 0 Å². The molecule has 2 nitrogen and oxygen atoms in total. The first kappa shape index (κ1) is 12.1. The fourth-order valence-corrected chi connectivity index (χ4v) is 3.47. The molecule has 0 radical (unpaired) electrons. The van der Waals surface area contributed by atoms with Crippen molar-refractivity contribution >= 4 is 35.2 Å². The van der Waals surface area contributed by atoms with Crippen molar-refractivity contribution in [3.63, 3.8) is 0 Å². The minimum absolute atomic E-state index is 0.622. The largest absolute Gasteiger partial charge is 0.255 e. The van der Waals surface area contributed by atoms with Crippen molar-refractivity contribution in [1.82, 2.24) is 9.97 Å². The molecule has 4 aromatic rings. The van der Waals surface area contributed by atoms with Crippen molar-refractivity contribution in [2.24, 2.45) is 0 Å². The van der Waals surface area contributed by atoms with E-state index in [9.17, 15) is 0 Å². The quantitative estimate of drug-likeness (QED) is 0.464. The first-order chi connectivity index (χ1) is 9.43. The van der Waals surface area contributed by atoms with Crippen LogP contribution in [0.4, 0.5) is 0 Å². The van der Waals surface area contributed by atoms with E-state index in [1.807, 2.05) is 24.3 Å². The van der Waals surface area contributed by atoms with Gasteiger partial charge in [0.15, 0.2) is 0 Å². The Morgan fingerprint density at radius 3 is 2.05 bits per heavy atom. The van der Waals surface area contributed by atoms with Gasteiger partial charge in [0.25, 0.3) is 0 Å². The molecule has 0 aliphatic carbocycles. The second-order valence-corrected chi connectivity index (χ2v) is 5.99. The molecular formula is C16H12N2Se. The number of nitrogens with zero attached hydrogens (tertiary/aromatic N) is 2. The van der Waals surface area contributed by atoms with Crippen molar-refractivity contribution in [2.75, 3.05) is 0 Å². The average Bonchev–Trinajstić information content (AvgIpc) is 2.96. The first-order valence-electron chi connectivity index (χ1n) is 6.01. The van der Waals surface area contributed by atoms with Crippen LogP contribution in [-0.2, 0) is 0 Å². The van der Waals surface area contributed by atoms with Crippen molar-refractivity contribution in [3.05, 3.63) is 71.9 Å². The molecule has 0 atom stereocenters. The van der Waals surface area contributed by atoms with Gasteiger partial charge in [-0.3, -0.25) is 9.97 Å². The smallest absolute Gasteiger partial charge is 0.0886 e. The molecule has 0 unspecified atom stereocenters. The van der Waals surface area contributed by atoms with Gasteiger partial charge in [0.05, 0.1) is 11.0 Å². The summed E-state index contributed by atoms with van der Waals surface area (Å²) < 4.78 is 1.52. The Bertz CT molecular complexity index is 697. The summed E-state index contributed by atoms with van der Waals surface area (Å²) in [5, 5.41) is 1.41. The number of benzene rings is 1. The molecule has 0 bridgehead atoms. The van der Waals surface area contributed by atoms with Crippen LogP contribution in [0.1, 0.15) is 0 Å². The van der Waals surface area contributed by atoms with E-state index < -0.39 is 0 Å². The molecule has 0 aliphatic heterocycles. The van der Waals surface area contributed by atoms with Crippen LogP contribution in [-0.4, -0.2) is 24.5 Å². The fraction of sp³-hybridized carbons (Fsp3) is 0. The molecule has 3 heterocycles. The molecule has 3 aromatic heterocycles. The van der Waals surface area contributed by atoms with Gasteiger partial charge in [0, 0.05) is 12.4 Å². The van der Waals surface area contributed by atoms with Crippen LogP contribution >= 0.6 is 0 Å². The number of rotatable bonds is 0. The molecule has 0 aliphatic rings. The topological polar surface area (TPSA) is 25.8 Å². The summed E-state index contributed by atoms with van der Waals surface area (Å²) >= 11 is 0.622. The molecule has 19 heavy (non-hydrogen) atoms. The van der Waals surface area contributed by atoms with Crippen molar-refractivity contribution < 1.29 is 0 Å². The Balaban J connectivity index is 0.000000117. The van der Waals surface area contributed by atoms with Crippen molar-refractivity contribution in [3.8, 4) is 0 Å². The molecule has 0 N–H and O–H groups in total. The summed E-state index contributed by atoms with van der Waals surface area (Å²) in [7, 11) is 0. The summed E-state index contributed by atoms with van der Waals surface area (Å²) in [6.45, 7) is 0. The molecule has 0 spiro atoms. The summed E-state index contributed by atoms with van der Waals surface area (Å²) in [6, 6.07) is 18.4. The summed E-state index contributed by atoms with van der Waals surface area (Å²) in [4.78, 5) is 10.5. The van der Waals surface area contributed by atoms with Crippen LogP contribution in [0.3, 0.4) is 0 Å². The molecule has 3 heteroatoms. The summed E-state index contributed by atoms with van der Waals surface area (Å²) in [5.74, 6) is 0. The third-order valence-electron chi connectivity index (χ3n) is 2.73. The normalized spacial score (nSPS) is 10.1. The second kappa shape index (κ2) is 5.79. The van der Waals surface area contributed by atoms with Gasteiger partial charge in [-0.05, 0) is 24.3 Å². The Hall–Kier alpha value is -1.96. The Morgan fingerprint density at radius 2 is 1.37 bits per heavy atom. The van der Waals surface area contributed by atoms with Crippen LogP contribution in [0.15, 0.2) is 71.9 Å². The maximum absolute atomic E-state index is 4.12. The fourth-order valence-electron chi connectivity index (χ4n) is 1.81. The molecule has 1 aromatic carbocycles. The van der Waals surface area contributed by atoms with Gasteiger partial charge >= 0.3 is 59.4 Å². The minimum atomic E-state index is 0.622. The van der Waals surface area contributed by atoms with E-state index >= 15 is 0 Å². The third kappa shape index (κ3) is 2.90. The Morgan fingerprint density at radius 1 is 0.684 bits per heavy atom. The van der Waals surface area contributed by atoms with Crippen LogP contribution in [0.2, 0.25) is 0 Å². The molecular weight excluding hydrogens is 299 g/mol. The van der Waals surface area contributed by atoms with Crippen molar-refractivity contribution in [2.45, 2.75) is 0 Å². The van der Waals surface area contributed by atoms with E-state index in [0.29, 0.717) is 14.5 Å². The molecule has 0 saturated carbocycles. The number of fused-ring (bicyclic) bond motifs is 2. The number of aromatic nitrogens is 2. The Labute approximate surface area is 117 Å². The first-order valence-corrected chi connectivity index (χ1v) is 7.86. The van der Waals surface area contributed by atoms with E-state index in [1.54, 1.807) is 12.4 Å². The number of hydrogen-bond donors (Lipinski definition) is 0. The molecule has 92 valence electrons. The van der Waals surface area contributed by atoms with Crippen molar-refractivity contribution in [1.29, 1.82) is 0 Å². The van der Waals surface area contributed by atoms with Crippen LogP contribution < -0.4 is 0 Å². The van der Waals surface area contributed by atoms with E-state index in [2.05, 4.69) is 45.2 Å². The zero-order chi connectivity index (χ0) is 12.9. The number of hydrogen-bond acceptors (Lipinski definition) is 2.